The number of aryl methyl sites for hydroxylation is 2. The Morgan fingerprint density at radius 3 is 2.15 bits per heavy atom. The third-order valence-electron chi connectivity index (χ3n) is 4.66. The molecule has 0 fully saturated rings. The van der Waals surface area contributed by atoms with Crippen LogP contribution in [0.5, 0.6) is 0 Å². The largest absolute Gasteiger partial charge is 0.302 e. The molecule has 0 bridgehead atoms. The van der Waals surface area contributed by atoms with E-state index in [0.717, 1.165) is 22.3 Å². The third kappa shape index (κ3) is 3.38. The molecule has 0 spiro atoms. The van der Waals surface area contributed by atoms with Crippen LogP contribution in [0.1, 0.15) is 16.8 Å². The number of nitrogens with zero attached hydrogens (tertiary/aromatic N) is 2. The van der Waals surface area contributed by atoms with Crippen LogP contribution in [0.25, 0.3) is 16.9 Å². The minimum absolute atomic E-state index is 0.107. The molecule has 2 aromatic heterocycles. The zero-order chi connectivity index (χ0) is 19.0. The van der Waals surface area contributed by atoms with Gasteiger partial charge in [0.15, 0.2) is 9.84 Å². The van der Waals surface area contributed by atoms with Gasteiger partial charge in [-0.05, 0) is 38.1 Å². The van der Waals surface area contributed by atoms with Gasteiger partial charge in [-0.2, -0.15) is 0 Å². The standard InChI is InChI=1S/C22H20N2O2S/c1-16-6-10-18(11-7-16)22-20(24-14-4-3-5-21(24)23-22)15-27(25,26)19-12-8-17(2)9-13-19/h3-14H,15H2,1-2H3. The van der Waals surface area contributed by atoms with Gasteiger partial charge in [0, 0.05) is 11.8 Å². The van der Waals surface area contributed by atoms with E-state index in [4.69, 9.17) is 4.98 Å². The van der Waals surface area contributed by atoms with Crippen molar-refractivity contribution < 1.29 is 8.42 Å². The van der Waals surface area contributed by atoms with E-state index in [0.29, 0.717) is 16.3 Å². The van der Waals surface area contributed by atoms with Crippen LogP contribution >= 0.6 is 0 Å². The van der Waals surface area contributed by atoms with Gasteiger partial charge in [0.2, 0.25) is 0 Å². The van der Waals surface area contributed by atoms with Crippen molar-refractivity contribution in [2.75, 3.05) is 0 Å². The molecular formula is C22H20N2O2S. The zero-order valence-electron chi connectivity index (χ0n) is 15.3. The van der Waals surface area contributed by atoms with Gasteiger partial charge in [0.1, 0.15) is 5.65 Å². The van der Waals surface area contributed by atoms with Gasteiger partial charge < -0.3 is 4.40 Å². The van der Waals surface area contributed by atoms with Crippen LogP contribution < -0.4 is 0 Å². The molecule has 0 aliphatic carbocycles. The summed E-state index contributed by atoms with van der Waals surface area (Å²) in [6, 6.07) is 20.6. The van der Waals surface area contributed by atoms with E-state index in [1.807, 2.05) is 79.0 Å². The summed E-state index contributed by atoms with van der Waals surface area (Å²) in [5, 5.41) is 0. The van der Waals surface area contributed by atoms with E-state index in [1.165, 1.54) is 0 Å². The maximum absolute atomic E-state index is 13.1. The van der Waals surface area contributed by atoms with E-state index >= 15 is 0 Å². The van der Waals surface area contributed by atoms with Crippen LogP contribution in [0.15, 0.2) is 77.8 Å². The highest BCUT2D eigenvalue weighted by Crippen LogP contribution is 2.28. The fraction of sp³-hybridized carbons (Fsp3) is 0.136. The lowest BCUT2D eigenvalue weighted by molar-refractivity contribution is 0.594. The minimum atomic E-state index is -3.49. The first-order valence-electron chi connectivity index (χ1n) is 8.76. The molecule has 27 heavy (non-hydrogen) atoms. The first kappa shape index (κ1) is 17.5. The Bertz CT molecular complexity index is 1210. The van der Waals surface area contributed by atoms with Gasteiger partial charge in [-0.1, -0.05) is 53.6 Å². The van der Waals surface area contributed by atoms with Crippen molar-refractivity contribution in [2.45, 2.75) is 24.5 Å². The average Bonchev–Trinajstić information content (AvgIpc) is 3.01. The van der Waals surface area contributed by atoms with Crippen molar-refractivity contribution in [2.24, 2.45) is 0 Å². The summed E-state index contributed by atoms with van der Waals surface area (Å²) in [4.78, 5) is 5.03. The lowest BCUT2D eigenvalue weighted by Crippen LogP contribution is -2.08. The summed E-state index contributed by atoms with van der Waals surface area (Å²) in [6.07, 6.45) is 1.86. The number of hydrogen-bond donors (Lipinski definition) is 0. The summed E-state index contributed by atoms with van der Waals surface area (Å²) < 4.78 is 28.0. The van der Waals surface area contributed by atoms with Crippen molar-refractivity contribution in [3.05, 3.63) is 89.7 Å². The van der Waals surface area contributed by atoms with Crippen molar-refractivity contribution >= 4 is 15.5 Å². The van der Waals surface area contributed by atoms with Crippen molar-refractivity contribution in [3.8, 4) is 11.3 Å². The average molecular weight is 376 g/mol. The second-order valence-corrected chi connectivity index (χ2v) is 8.76. The SMILES string of the molecule is Cc1ccc(-c2nc3ccccn3c2CS(=O)(=O)c2ccc(C)cc2)cc1. The summed E-state index contributed by atoms with van der Waals surface area (Å²) >= 11 is 0. The molecular weight excluding hydrogens is 356 g/mol. The lowest BCUT2D eigenvalue weighted by Gasteiger charge is -2.08. The van der Waals surface area contributed by atoms with Crippen LogP contribution in [-0.2, 0) is 15.6 Å². The monoisotopic (exact) mass is 376 g/mol. The number of benzene rings is 2. The molecule has 0 N–H and O–H groups in total. The smallest absolute Gasteiger partial charge is 0.184 e. The second-order valence-electron chi connectivity index (χ2n) is 6.77. The molecule has 2 aromatic carbocycles. The van der Waals surface area contributed by atoms with Gasteiger partial charge in [-0.15, -0.1) is 0 Å². The van der Waals surface area contributed by atoms with Crippen LogP contribution in [0.2, 0.25) is 0 Å². The zero-order valence-corrected chi connectivity index (χ0v) is 16.1. The summed E-state index contributed by atoms with van der Waals surface area (Å²) in [5.41, 5.74) is 5.22. The first-order valence-corrected chi connectivity index (χ1v) is 10.4. The van der Waals surface area contributed by atoms with E-state index in [-0.39, 0.29) is 5.75 Å². The van der Waals surface area contributed by atoms with Crippen LogP contribution in [0.4, 0.5) is 0 Å². The molecule has 4 rings (SSSR count). The topological polar surface area (TPSA) is 51.4 Å². The number of imidazole rings is 1. The third-order valence-corrected chi connectivity index (χ3v) is 6.30. The summed E-state index contributed by atoms with van der Waals surface area (Å²) in [7, 11) is -3.49. The van der Waals surface area contributed by atoms with Crippen LogP contribution in [-0.4, -0.2) is 17.8 Å². The molecule has 0 amide bonds. The van der Waals surface area contributed by atoms with E-state index < -0.39 is 9.84 Å². The predicted molar refractivity (Wildman–Crippen MR) is 107 cm³/mol. The Morgan fingerprint density at radius 2 is 1.48 bits per heavy atom. The normalized spacial score (nSPS) is 11.8. The molecule has 2 heterocycles. The molecule has 0 saturated carbocycles. The van der Waals surface area contributed by atoms with Crippen LogP contribution in [0, 0.1) is 13.8 Å². The maximum Gasteiger partial charge on any atom is 0.184 e. The predicted octanol–water partition coefficient (Wildman–Crippen LogP) is 4.59. The summed E-state index contributed by atoms with van der Waals surface area (Å²) in [6.45, 7) is 3.96. The minimum Gasteiger partial charge on any atom is -0.302 e. The molecule has 0 aliphatic rings. The number of pyridine rings is 1. The van der Waals surface area contributed by atoms with E-state index in [9.17, 15) is 8.42 Å². The first-order chi connectivity index (χ1) is 12.9. The van der Waals surface area contributed by atoms with Crippen molar-refractivity contribution in [1.82, 2.24) is 9.38 Å². The fourth-order valence-electron chi connectivity index (χ4n) is 3.14. The summed E-state index contributed by atoms with van der Waals surface area (Å²) in [5.74, 6) is -0.107. The van der Waals surface area contributed by atoms with Gasteiger partial charge in [0.05, 0.1) is 22.0 Å². The quantitative estimate of drug-likeness (QED) is 0.523. The number of hydrogen-bond acceptors (Lipinski definition) is 3. The number of rotatable bonds is 4. The molecule has 0 radical (unpaired) electrons. The number of aromatic nitrogens is 2. The highest BCUT2D eigenvalue weighted by molar-refractivity contribution is 7.90. The Morgan fingerprint density at radius 1 is 0.852 bits per heavy atom. The Labute approximate surface area is 159 Å². The molecule has 0 atom stereocenters. The molecule has 4 aromatic rings. The lowest BCUT2D eigenvalue weighted by atomic mass is 10.1. The molecule has 5 heteroatoms. The van der Waals surface area contributed by atoms with Crippen LogP contribution in [0.3, 0.4) is 0 Å². The molecule has 0 saturated heterocycles. The second kappa shape index (κ2) is 6.67. The Kier molecular flexibility index (Phi) is 4.32. The Hall–Kier alpha value is -2.92. The fourth-order valence-corrected chi connectivity index (χ4v) is 4.49. The van der Waals surface area contributed by atoms with Crippen molar-refractivity contribution in [1.29, 1.82) is 0 Å². The highest BCUT2D eigenvalue weighted by Gasteiger charge is 2.22. The highest BCUT2D eigenvalue weighted by atomic mass is 32.2. The van der Waals surface area contributed by atoms with Gasteiger partial charge in [-0.3, -0.25) is 0 Å². The number of sulfone groups is 1. The Balaban J connectivity index is 1.86. The van der Waals surface area contributed by atoms with Crippen molar-refractivity contribution in [3.63, 3.8) is 0 Å². The van der Waals surface area contributed by atoms with E-state index in [1.54, 1.807) is 12.1 Å². The van der Waals surface area contributed by atoms with Gasteiger partial charge in [0.25, 0.3) is 0 Å². The van der Waals surface area contributed by atoms with E-state index in [2.05, 4.69) is 0 Å². The van der Waals surface area contributed by atoms with Gasteiger partial charge >= 0.3 is 0 Å². The maximum atomic E-state index is 13.1. The molecule has 0 aliphatic heterocycles. The molecule has 0 unspecified atom stereocenters. The van der Waals surface area contributed by atoms with Gasteiger partial charge in [-0.25, -0.2) is 13.4 Å². The number of fused-ring (bicyclic) bond motifs is 1. The molecule has 4 nitrogen and oxygen atoms in total. The molecule has 136 valence electrons.